The fourth-order valence-electron chi connectivity index (χ4n) is 1.81. The number of amides is 1. The molecule has 104 valence electrons. The third kappa shape index (κ3) is 3.27. The minimum Gasteiger partial charge on any atom is -0.480 e. The smallest absolute Gasteiger partial charge is 0.323 e. The van der Waals surface area contributed by atoms with Crippen LogP contribution in [-0.2, 0) is 11.3 Å². The molecule has 0 aliphatic rings. The SMILES string of the molecule is Cc1ccc(NC(=O)c2cccn2CC(=O)O)c(Br)c1. The maximum atomic E-state index is 12.2. The van der Waals surface area contributed by atoms with Gasteiger partial charge in [-0.1, -0.05) is 6.07 Å². The van der Waals surface area contributed by atoms with Crippen LogP contribution in [0, 0.1) is 6.92 Å². The van der Waals surface area contributed by atoms with E-state index in [4.69, 9.17) is 5.11 Å². The van der Waals surface area contributed by atoms with Gasteiger partial charge in [0.05, 0.1) is 5.69 Å². The largest absolute Gasteiger partial charge is 0.480 e. The average molecular weight is 337 g/mol. The molecule has 1 amide bonds. The summed E-state index contributed by atoms with van der Waals surface area (Å²) in [6.07, 6.45) is 1.56. The molecule has 1 heterocycles. The zero-order chi connectivity index (χ0) is 14.7. The summed E-state index contributed by atoms with van der Waals surface area (Å²) in [4.78, 5) is 22.9. The Kier molecular flexibility index (Phi) is 4.24. The Morgan fingerprint density at radius 2 is 2.10 bits per heavy atom. The van der Waals surface area contributed by atoms with Gasteiger partial charge in [-0.05, 0) is 52.7 Å². The Morgan fingerprint density at radius 3 is 2.75 bits per heavy atom. The van der Waals surface area contributed by atoms with E-state index < -0.39 is 5.97 Å². The number of aryl methyl sites for hydroxylation is 1. The molecule has 0 fully saturated rings. The summed E-state index contributed by atoms with van der Waals surface area (Å²) < 4.78 is 2.17. The lowest BCUT2D eigenvalue weighted by atomic mass is 10.2. The molecule has 20 heavy (non-hydrogen) atoms. The number of benzene rings is 1. The van der Waals surface area contributed by atoms with Crippen molar-refractivity contribution in [3.05, 3.63) is 52.3 Å². The predicted octanol–water partition coefficient (Wildman–Crippen LogP) is 2.90. The highest BCUT2D eigenvalue weighted by Gasteiger charge is 2.13. The van der Waals surface area contributed by atoms with Gasteiger partial charge in [-0.15, -0.1) is 0 Å². The van der Waals surface area contributed by atoms with Crippen LogP contribution in [0.15, 0.2) is 41.0 Å². The van der Waals surface area contributed by atoms with Crippen molar-refractivity contribution in [2.45, 2.75) is 13.5 Å². The highest BCUT2D eigenvalue weighted by Crippen LogP contribution is 2.24. The zero-order valence-electron chi connectivity index (χ0n) is 10.8. The molecular formula is C14H13BrN2O3. The summed E-state index contributed by atoms with van der Waals surface area (Å²) in [6.45, 7) is 1.71. The molecule has 0 spiro atoms. The summed E-state index contributed by atoms with van der Waals surface area (Å²) in [5.41, 5.74) is 2.02. The van der Waals surface area contributed by atoms with Crippen molar-refractivity contribution >= 4 is 33.5 Å². The van der Waals surface area contributed by atoms with Gasteiger partial charge in [0.2, 0.25) is 0 Å². The van der Waals surface area contributed by atoms with Crippen LogP contribution < -0.4 is 5.32 Å². The lowest BCUT2D eigenvalue weighted by Gasteiger charge is -2.10. The zero-order valence-corrected chi connectivity index (χ0v) is 12.3. The Balaban J connectivity index is 2.20. The number of anilines is 1. The Morgan fingerprint density at radius 1 is 1.35 bits per heavy atom. The second kappa shape index (κ2) is 5.92. The minimum absolute atomic E-state index is 0.245. The summed E-state index contributed by atoms with van der Waals surface area (Å²) in [5, 5.41) is 11.5. The molecule has 0 aliphatic heterocycles. The fraction of sp³-hybridized carbons (Fsp3) is 0.143. The van der Waals surface area contributed by atoms with Gasteiger partial charge >= 0.3 is 5.97 Å². The quantitative estimate of drug-likeness (QED) is 0.901. The normalized spacial score (nSPS) is 10.3. The molecule has 0 bridgehead atoms. The van der Waals surface area contributed by atoms with E-state index in [0.717, 1.165) is 10.0 Å². The highest BCUT2D eigenvalue weighted by molar-refractivity contribution is 9.10. The molecular weight excluding hydrogens is 324 g/mol. The third-order valence-electron chi connectivity index (χ3n) is 2.74. The highest BCUT2D eigenvalue weighted by atomic mass is 79.9. The van der Waals surface area contributed by atoms with Gasteiger partial charge < -0.3 is 15.0 Å². The number of halogens is 1. The lowest BCUT2D eigenvalue weighted by Crippen LogP contribution is -2.19. The molecule has 1 aromatic heterocycles. The third-order valence-corrected chi connectivity index (χ3v) is 3.40. The Labute approximate surface area is 124 Å². The summed E-state index contributed by atoms with van der Waals surface area (Å²) >= 11 is 3.38. The van der Waals surface area contributed by atoms with E-state index in [9.17, 15) is 9.59 Å². The van der Waals surface area contributed by atoms with Gasteiger partial charge in [-0.3, -0.25) is 9.59 Å². The van der Waals surface area contributed by atoms with Crippen molar-refractivity contribution in [1.29, 1.82) is 0 Å². The van der Waals surface area contributed by atoms with Crippen molar-refractivity contribution in [3.8, 4) is 0 Å². The number of nitrogens with zero attached hydrogens (tertiary/aromatic N) is 1. The first-order valence-electron chi connectivity index (χ1n) is 5.92. The molecule has 0 aliphatic carbocycles. The number of carbonyl (C=O) groups excluding carboxylic acids is 1. The second-order valence-corrected chi connectivity index (χ2v) is 5.21. The van der Waals surface area contributed by atoms with Gasteiger partial charge in [0, 0.05) is 10.7 Å². The topological polar surface area (TPSA) is 71.3 Å². The van der Waals surface area contributed by atoms with E-state index in [-0.39, 0.29) is 12.5 Å². The molecule has 0 saturated heterocycles. The molecule has 0 atom stereocenters. The van der Waals surface area contributed by atoms with Crippen molar-refractivity contribution in [1.82, 2.24) is 4.57 Å². The van der Waals surface area contributed by atoms with Crippen molar-refractivity contribution < 1.29 is 14.7 Å². The van der Waals surface area contributed by atoms with Crippen LogP contribution in [-0.4, -0.2) is 21.6 Å². The van der Waals surface area contributed by atoms with Crippen molar-refractivity contribution in [2.75, 3.05) is 5.32 Å². The van der Waals surface area contributed by atoms with Gasteiger partial charge in [0.25, 0.3) is 5.91 Å². The minimum atomic E-state index is -0.994. The maximum Gasteiger partial charge on any atom is 0.323 e. The van der Waals surface area contributed by atoms with Gasteiger partial charge in [0.15, 0.2) is 0 Å². The van der Waals surface area contributed by atoms with Crippen LogP contribution in [0.4, 0.5) is 5.69 Å². The molecule has 6 heteroatoms. The van der Waals surface area contributed by atoms with Crippen molar-refractivity contribution in [3.63, 3.8) is 0 Å². The number of hydrogen-bond donors (Lipinski definition) is 2. The molecule has 5 nitrogen and oxygen atoms in total. The molecule has 2 aromatic rings. The van der Waals surface area contributed by atoms with E-state index in [1.807, 2.05) is 19.1 Å². The first-order valence-corrected chi connectivity index (χ1v) is 6.71. The molecule has 2 rings (SSSR count). The number of carboxylic acid groups (broad SMARTS) is 1. The Bertz CT molecular complexity index is 664. The van der Waals surface area contributed by atoms with E-state index in [2.05, 4.69) is 21.2 Å². The van der Waals surface area contributed by atoms with Crippen LogP contribution in [0.25, 0.3) is 0 Å². The van der Waals surface area contributed by atoms with Gasteiger partial charge in [-0.25, -0.2) is 0 Å². The number of carboxylic acids is 1. The summed E-state index contributed by atoms with van der Waals surface area (Å²) in [6, 6.07) is 8.80. The summed E-state index contributed by atoms with van der Waals surface area (Å²) in [5.74, 6) is -1.34. The van der Waals surface area contributed by atoms with E-state index >= 15 is 0 Å². The van der Waals surface area contributed by atoms with Crippen LogP contribution in [0.1, 0.15) is 16.1 Å². The van der Waals surface area contributed by atoms with Gasteiger partial charge in [-0.2, -0.15) is 0 Å². The predicted molar refractivity (Wildman–Crippen MR) is 78.9 cm³/mol. The number of aromatic nitrogens is 1. The lowest BCUT2D eigenvalue weighted by molar-refractivity contribution is -0.137. The maximum absolute atomic E-state index is 12.2. The molecule has 1 aromatic carbocycles. The monoisotopic (exact) mass is 336 g/mol. The number of nitrogens with one attached hydrogen (secondary N) is 1. The van der Waals surface area contributed by atoms with Crippen LogP contribution in [0.5, 0.6) is 0 Å². The second-order valence-electron chi connectivity index (χ2n) is 4.35. The van der Waals surface area contributed by atoms with Crippen LogP contribution in [0.3, 0.4) is 0 Å². The number of rotatable bonds is 4. The van der Waals surface area contributed by atoms with Crippen LogP contribution >= 0.6 is 15.9 Å². The van der Waals surface area contributed by atoms with Crippen LogP contribution in [0.2, 0.25) is 0 Å². The standard InChI is InChI=1S/C14H13BrN2O3/c1-9-4-5-11(10(15)7-9)16-14(20)12-3-2-6-17(12)8-13(18)19/h2-7H,8H2,1H3,(H,16,20)(H,18,19). The molecule has 0 unspecified atom stereocenters. The molecule has 0 saturated carbocycles. The fourth-order valence-corrected chi connectivity index (χ4v) is 2.40. The number of hydrogen-bond acceptors (Lipinski definition) is 2. The average Bonchev–Trinajstić information content (AvgIpc) is 2.80. The van der Waals surface area contributed by atoms with E-state index in [1.54, 1.807) is 24.4 Å². The van der Waals surface area contributed by atoms with E-state index in [0.29, 0.717) is 11.4 Å². The first kappa shape index (κ1) is 14.3. The summed E-state index contributed by atoms with van der Waals surface area (Å²) in [7, 11) is 0. The van der Waals surface area contributed by atoms with Gasteiger partial charge in [0.1, 0.15) is 12.2 Å². The molecule has 0 radical (unpaired) electrons. The van der Waals surface area contributed by atoms with Crippen molar-refractivity contribution in [2.24, 2.45) is 0 Å². The first-order chi connectivity index (χ1) is 9.47. The molecule has 2 N–H and O–H groups in total. The number of aliphatic carboxylic acids is 1. The van der Waals surface area contributed by atoms with E-state index in [1.165, 1.54) is 4.57 Å². The Hall–Kier alpha value is -2.08. The number of carbonyl (C=O) groups is 2.